The van der Waals surface area contributed by atoms with Crippen LogP contribution in [0.3, 0.4) is 0 Å². The number of hydrogen-bond donors (Lipinski definition) is 3. The Morgan fingerprint density at radius 3 is 2.63 bits per heavy atom. The molecular formula is C23H24N4O3. The van der Waals surface area contributed by atoms with Crippen LogP contribution in [0, 0.1) is 0 Å². The lowest BCUT2D eigenvalue weighted by atomic mass is 10.0. The highest BCUT2D eigenvalue weighted by molar-refractivity contribution is 5.95. The summed E-state index contributed by atoms with van der Waals surface area (Å²) in [6.07, 6.45) is 2.63. The van der Waals surface area contributed by atoms with Gasteiger partial charge < -0.3 is 20.9 Å². The molecule has 2 atom stereocenters. The monoisotopic (exact) mass is 404 g/mol. The molecule has 2 heterocycles. The number of carbonyl (C=O) groups excluding carboxylic acids is 1. The maximum absolute atomic E-state index is 12.6. The molecule has 1 saturated heterocycles. The number of aromatic nitrogens is 2. The Morgan fingerprint density at radius 1 is 1.20 bits per heavy atom. The maximum atomic E-state index is 12.6. The highest BCUT2D eigenvalue weighted by Gasteiger charge is 2.21. The molecule has 0 saturated carbocycles. The van der Waals surface area contributed by atoms with Crippen molar-refractivity contribution in [2.24, 2.45) is 0 Å². The molecule has 1 aliphatic rings. The van der Waals surface area contributed by atoms with Crippen molar-refractivity contribution in [1.82, 2.24) is 15.3 Å². The molecule has 1 amide bonds. The smallest absolute Gasteiger partial charge is 0.251 e. The van der Waals surface area contributed by atoms with Crippen molar-refractivity contribution in [3.63, 3.8) is 0 Å². The van der Waals surface area contributed by atoms with Gasteiger partial charge in [0.25, 0.3) is 5.91 Å². The minimum Gasteiger partial charge on any atom is -0.394 e. The van der Waals surface area contributed by atoms with Crippen LogP contribution in [-0.2, 0) is 4.74 Å². The van der Waals surface area contributed by atoms with E-state index in [4.69, 9.17) is 15.5 Å². The SMILES string of the molecule is Nc1ncc([C@H]2CCOC2)nc1-c1ccc(C(=O)N[C@H](CO)c2ccccc2)cc1. The summed E-state index contributed by atoms with van der Waals surface area (Å²) in [5.74, 6) is 0.315. The number of nitrogens with one attached hydrogen (secondary N) is 1. The van der Waals surface area contributed by atoms with Crippen molar-refractivity contribution < 1.29 is 14.6 Å². The highest BCUT2D eigenvalue weighted by Crippen LogP contribution is 2.28. The number of nitrogen functional groups attached to an aromatic ring is 1. The van der Waals surface area contributed by atoms with Gasteiger partial charge in [-0.1, -0.05) is 42.5 Å². The fraction of sp³-hybridized carbons (Fsp3) is 0.261. The minimum absolute atomic E-state index is 0.183. The van der Waals surface area contributed by atoms with Gasteiger partial charge >= 0.3 is 0 Å². The highest BCUT2D eigenvalue weighted by atomic mass is 16.5. The van der Waals surface area contributed by atoms with Gasteiger partial charge in [0.1, 0.15) is 11.5 Å². The van der Waals surface area contributed by atoms with Gasteiger partial charge in [0, 0.05) is 23.7 Å². The Labute approximate surface area is 174 Å². The Hall–Kier alpha value is -3.29. The first-order chi connectivity index (χ1) is 14.7. The third-order valence-corrected chi connectivity index (χ3v) is 5.28. The van der Waals surface area contributed by atoms with Gasteiger partial charge in [-0.25, -0.2) is 9.97 Å². The molecule has 154 valence electrons. The van der Waals surface area contributed by atoms with Crippen LogP contribution in [-0.4, -0.2) is 40.8 Å². The van der Waals surface area contributed by atoms with E-state index in [9.17, 15) is 9.90 Å². The van der Waals surface area contributed by atoms with Crippen molar-refractivity contribution in [3.05, 3.63) is 77.6 Å². The van der Waals surface area contributed by atoms with E-state index in [1.807, 2.05) is 30.3 Å². The normalized spacial score (nSPS) is 16.9. The van der Waals surface area contributed by atoms with Gasteiger partial charge in [0.2, 0.25) is 0 Å². The van der Waals surface area contributed by atoms with E-state index in [-0.39, 0.29) is 18.4 Å². The molecule has 7 nitrogen and oxygen atoms in total. The van der Waals surface area contributed by atoms with Gasteiger partial charge in [-0.3, -0.25) is 4.79 Å². The quantitative estimate of drug-likeness (QED) is 0.583. The Bertz CT molecular complexity index is 1000. The van der Waals surface area contributed by atoms with Crippen LogP contribution in [0.15, 0.2) is 60.8 Å². The van der Waals surface area contributed by atoms with Gasteiger partial charge in [0.05, 0.1) is 31.1 Å². The molecule has 2 aromatic carbocycles. The van der Waals surface area contributed by atoms with Gasteiger partial charge in [0.15, 0.2) is 0 Å². The molecule has 30 heavy (non-hydrogen) atoms. The summed E-state index contributed by atoms with van der Waals surface area (Å²) in [4.78, 5) is 21.6. The first-order valence-corrected chi connectivity index (χ1v) is 9.93. The zero-order valence-electron chi connectivity index (χ0n) is 16.5. The van der Waals surface area contributed by atoms with Crippen LogP contribution in [0.25, 0.3) is 11.3 Å². The largest absolute Gasteiger partial charge is 0.394 e. The number of ether oxygens (including phenoxy) is 1. The molecular weight excluding hydrogens is 380 g/mol. The summed E-state index contributed by atoms with van der Waals surface area (Å²) in [7, 11) is 0. The Kier molecular flexibility index (Phi) is 6.02. The summed E-state index contributed by atoms with van der Waals surface area (Å²) in [6.45, 7) is 1.19. The average molecular weight is 404 g/mol. The van der Waals surface area contributed by atoms with Crippen molar-refractivity contribution in [3.8, 4) is 11.3 Å². The molecule has 0 spiro atoms. The third kappa shape index (κ3) is 4.32. The molecule has 0 aliphatic carbocycles. The fourth-order valence-corrected chi connectivity index (χ4v) is 3.53. The maximum Gasteiger partial charge on any atom is 0.251 e. The standard InChI is InChI=1S/C23H24N4O3/c24-22-21(26-19(12-25-22)18-10-11-30-14-18)16-6-8-17(9-7-16)23(29)27-20(13-28)15-4-2-1-3-5-15/h1-9,12,18,20,28H,10-11,13-14H2,(H2,24,25)(H,27,29)/t18-,20+/m0/s1. The molecule has 0 bridgehead atoms. The van der Waals surface area contributed by atoms with Crippen molar-refractivity contribution in [2.45, 2.75) is 18.4 Å². The number of benzene rings is 2. The number of hydrogen-bond acceptors (Lipinski definition) is 6. The van der Waals surface area contributed by atoms with E-state index < -0.39 is 6.04 Å². The lowest BCUT2D eigenvalue weighted by molar-refractivity contribution is 0.0916. The average Bonchev–Trinajstić information content (AvgIpc) is 3.33. The van der Waals surface area contributed by atoms with Crippen molar-refractivity contribution in [2.75, 3.05) is 25.6 Å². The predicted octanol–water partition coefficient (Wildman–Crippen LogP) is 2.69. The van der Waals surface area contributed by atoms with Crippen LogP contribution in [0.4, 0.5) is 5.82 Å². The van der Waals surface area contributed by atoms with E-state index in [1.165, 1.54) is 0 Å². The van der Waals surface area contributed by atoms with E-state index in [2.05, 4.69) is 10.3 Å². The number of rotatable bonds is 6. The molecule has 7 heteroatoms. The first kappa shape index (κ1) is 20.0. The van der Waals surface area contributed by atoms with Crippen LogP contribution < -0.4 is 11.1 Å². The Morgan fingerprint density at radius 2 is 1.97 bits per heavy atom. The zero-order chi connectivity index (χ0) is 20.9. The number of amides is 1. The Balaban J connectivity index is 1.51. The summed E-state index contributed by atoms with van der Waals surface area (Å²) in [5.41, 5.74) is 9.65. The van der Waals surface area contributed by atoms with Crippen LogP contribution in [0.5, 0.6) is 0 Å². The number of carbonyl (C=O) groups is 1. The number of nitrogens with two attached hydrogens (primary N) is 1. The lowest BCUT2D eigenvalue weighted by Crippen LogP contribution is -2.30. The second-order valence-electron chi connectivity index (χ2n) is 7.29. The van der Waals surface area contributed by atoms with Crippen LogP contribution in [0.1, 0.15) is 40.0 Å². The molecule has 3 aromatic rings. The topological polar surface area (TPSA) is 110 Å². The summed E-state index contributed by atoms with van der Waals surface area (Å²) < 4.78 is 5.44. The predicted molar refractivity (Wildman–Crippen MR) is 114 cm³/mol. The number of anilines is 1. The van der Waals surface area contributed by atoms with Crippen LogP contribution in [0.2, 0.25) is 0 Å². The van der Waals surface area contributed by atoms with Crippen molar-refractivity contribution >= 4 is 11.7 Å². The fourth-order valence-electron chi connectivity index (χ4n) is 3.53. The number of aliphatic hydroxyl groups excluding tert-OH is 1. The molecule has 1 fully saturated rings. The molecule has 4 N–H and O–H groups in total. The van der Waals surface area contributed by atoms with Crippen LogP contribution >= 0.6 is 0 Å². The first-order valence-electron chi connectivity index (χ1n) is 9.93. The zero-order valence-corrected chi connectivity index (χ0v) is 16.5. The second-order valence-corrected chi connectivity index (χ2v) is 7.29. The summed E-state index contributed by atoms with van der Waals surface area (Å²) in [6, 6.07) is 16.0. The number of aliphatic hydroxyl groups is 1. The second kappa shape index (κ2) is 9.02. The third-order valence-electron chi connectivity index (χ3n) is 5.28. The molecule has 0 unspecified atom stereocenters. The molecule has 0 radical (unpaired) electrons. The van der Waals surface area contributed by atoms with Gasteiger partial charge in [-0.15, -0.1) is 0 Å². The molecule has 1 aromatic heterocycles. The molecule has 4 rings (SSSR count). The van der Waals surface area contributed by atoms with E-state index in [0.29, 0.717) is 23.7 Å². The van der Waals surface area contributed by atoms with E-state index in [0.717, 1.165) is 29.8 Å². The lowest BCUT2D eigenvalue weighted by Gasteiger charge is -2.17. The number of nitrogens with zero attached hydrogens (tertiary/aromatic N) is 2. The van der Waals surface area contributed by atoms with E-state index >= 15 is 0 Å². The molecule has 1 aliphatic heterocycles. The summed E-state index contributed by atoms with van der Waals surface area (Å²) in [5, 5.41) is 12.5. The summed E-state index contributed by atoms with van der Waals surface area (Å²) >= 11 is 0. The van der Waals surface area contributed by atoms with Gasteiger partial charge in [-0.05, 0) is 24.1 Å². The van der Waals surface area contributed by atoms with E-state index in [1.54, 1.807) is 30.5 Å². The van der Waals surface area contributed by atoms with Gasteiger partial charge in [-0.2, -0.15) is 0 Å². The van der Waals surface area contributed by atoms with Crippen molar-refractivity contribution in [1.29, 1.82) is 0 Å². The minimum atomic E-state index is -0.467.